The molecule has 1 aliphatic heterocycles. The van der Waals surface area contributed by atoms with E-state index in [0.29, 0.717) is 6.04 Å². The summed E-state index contributed by atoms with van der Waals surface area (Å²) in [5.74, 6) is 0.170. The first-order chi connectivity index (χ1) is 7.81. The van der Waals surface area contributed by atoms with Crippen molar-refractivity contribution in [3.05, 3.63) is 0 Å². The van der Waals surface area contributed by atoms with Crippen molar-refractivity contribution in [3.63, 3.8) is 0 Å². The molecule has 4 heteroatoms. The zero-order chi connectivity index (χ0) is 11.4. The van der Waals surface area contributed by atoms with Gasteiger partial charge in [0.1, 0.15) is 6.61 Å². The molecule has 0 atom stereocenters. The van der Waals surface area contributed by atoms with Crippen LogP contribution < -0.4 is 5.32 Å². The molecule has 2 fully saturated rings. The molecule has 0 spiro atoms. The first kappa shape index (κ1) is 11.9. The third-order valence-electron chi connectivity index (χ3n) is 3.38. The second-order valence-electron chi connectivity index (χ2n) is 4.67. The minimum Gasteiger partial charge on any atom is -0.368 e. The fraction of sp³-hybridized carbons (Fsp3) is 0.917. The van der Waals surface area contributed by atoms with Crippen LogP contribution in [0.2, 0.25) is 0 Å². The number of amides is 1. The van der Waals surface area contributed by atoms with Gasteiger partial charge in [-0.3, -0.25) is 4.79 Å². The summed E-state index contributed by atoms with van der Waals surface area (Å²) in [6.07, 6.45) is 4.69. The van der Waals surface area contributed by atoms with E-state index in [0.717, 1.165) is 32.5 Å². The Morgan fingerprint density at radius 1 is 1.31 bits per heavy atom. The fourth-order valence-corrected chi connectivity index (χ4v) is 2.26. The maximum Gasteiger partial charge on any atom is 0.248 e. The van der Waals surface area contributed by atoms with Crippen molar-refractivity contribution < 1.29 is 9.53 Å². The summed E-state index contributed by atoms with van der Waals surface area (Å²) in [5.41, 5.74) is 0. The number of nitrogens with zero attached hydrogens (tertiary/aromatic N) is 1. The van der Waals surface area contributed by atoms with E-state index in [1.165, 1.54) is 12.8 Å². The number of rotatable bonds is 5. The Kier molecular flexibility index (Phi) is 4.18. The minimum absolute atomic E-state index is 0.170. The van der Waals surface area contributed by atoms with Crippen LogP contribution in [0, 0.1) is 0 Å². The Balaban J connectivity index is 1.69. The lowest BCUT2D eigenvalue weighted by Crippen LogP contribution is -2.38. The number of carbonyl (C=O) groups is 1. The average molecular weight is 226 g/mol. The zero-order valence-electron chi connectivity index (χ0n) is 10.1. The molecule has 0 aromatic carbocycles. The summed E-state index contributed by atoms with van der Waals surface area (Å²) in [7, 11) is 0. The maximum absolute atomic E-state index is 11.9. The van der Waals surface area contributed by atoms with E-state index in [4.69, 9.17) is 4.74 Å². The van der Waals surface area contributed by atoms with E-state index in [1.54, 1.807) is 0 Å². The van der Waals surface area contributed by atoms with Gasteiger partial charge in [-0.2, -0.15) is 0 Å². The van der Waals surface area contributed by atoms with Crippen LogP contribution in [0.1, 0.15) is 32.6 Å². The van der Waals surface area contributed by atoms with Gasteiger partial charge in [0.25, 0.3) is 0 Å². The van der Waals surface area contributed by atoms with Gasteiger partial charge < -0.3 is 15.0 Å². The lowest BCUT2D eigenvalue weighted by atomic mass is 10.1. The molecular weight excluding hydrogens is 204 g/mol. The van der Waals surface area contributed by atoms with E-state index in [-0.39, 0.29) is 18.6 Å². The topological polar surface area (TPSA) is 41.6 Å². The maximum atomic E-state index is 11.9. The molecule has 1 heterocycles. The van der Waals surface area contributed by atoms with Crippen LogP contribution in [0.15, 0.2) is 0 Å². The van der Waals surface area contributed by atoms with Crippen molar-refractivity contribution in [3.8, 4) is 0 Å². The number of piperidine rings is 1. The highest BCUT2D eigenvalue weighted by molar-refractivity contribution is 5.78. The fourth-order valence-electron chi connectivity index (χ4n) is 2.26. The Hall–Kier alpha value is -0.610. The molecule has 1 N–H and O–H groups in total. The number of ether oxygens (including phenoxy) is 1. The molecule has 92 valence electrons. The van der Waals surface area contributed by atoms with Crippen molar-refractivity contribution in [2.24, 2.45) is 0 Å². The second-order valence-corrected chi connectivity index (χ2v) is 4.67. The summed E-state index contributed by atoms with van der Waals surface area (Å²) >= 11 is 0. The number of likely N-dealkylation sites (N-methyl/N-ethyl adjacent to an activating group) is 1. The summed E-state index contributed by atoms with van der Waals surface area (Å²) < 4.78 is 5.67. The number of carbonyl (C=O) groups excluding carboxylic acids is 1. The van der Waals surface area contributed by atoms with Gasteiger partial charge in [0, 0.05) is 12.6 Å². The second kappa shape index (κ2) is 5.64. The summed E-state index contributed by atoms with van der Waals surface area (Å²) in [4.78, 5) is 13.8. The molecule has 4 nitrogen and oxygen atoms in total. The van der Waals surface area contributed by atoms with Gasteiger partial charge in [0.2, 0.25) is 5.91 Å². The highest BCUT2D eigenvalue weighted by Gasteiger charge is 2.31. The number of hydrogen-bond donors (Lipinski definition) is 1. The molecule has 2 rings (SSSR count). The first-order valence-electron chi connectivity index (χ1n) is 6.43. The molecule has 2 aliphatic rings. The van der Waals surface area contributed by atoms with Gasteiger partial charge in [-0.05, 0) is 45.7 Å². The average Bonchev–Trinajstić information content (AvgIpc) is 3.13. The minimum atomic E-state index is 0.170. The molecule has 0 aromatic rings. The predicted molar refractivity (Wildman–Crippen MR) is 62.3 cm³/mol. The van der Waals surface area contributed by atoms with Gasteiger partial charge in [0.15, 0.2) is 0 Å². The lowest BCUT2D eigenvalue weighted by Gasteiger charge is -2.25. The molecule has 1 amide bonds. The monoisotopic (exact) mass is 226 g/mol. The zero-order valence-corrected chi connectivity index (χ0v) is 10.1. The lowest BCUT2D eigenvalue weighted by molar-refractivity contribution is -0.139. The summed E-state index contributed by atoms with van der Waals surface area (Å²) in [6, 6.07) is 0.508. The predicted octanol–water partition coefficient (Wildman–Crippen LogP) is 0.766. The van der Waals surface area contributed by atoms with Crippen molar-refractivity contribution >= 4 is 5.91 Å². The van der Waals surface area contributed by atoms with Gasteiger partial charge in [-0.15, -0.1) is 0 Å². The molecule has 1 saturated carbocycles. The highest BCUT2D eigenvalue weighted by Crippen LogP contribution is 2.26. The molecule has 0 aromatic heterocycles. The van der Waals surface area contributed by atoms with E-state index in [1.807, 2.05) is 11.8 Å². The molecule has 16 heavy (non-hydrogen) atoms. The van der Waals surface area contributed by atoms with E-state index in [2.05, 4.69) is 5.32 Å². The van der Waals surface area contributed by atoms with E-state index >= 15 is 0 Å². The van der Waals surface area contributed by atoms with Crippen molar-refractivity contribution in [2.75, 3.05) is 26.2 Å². The smallest absolute Gasteiger partial charge is 0.248 e. The van der Waals surface area contributed by atoms with Crippen LogP contribution in [0.4, 0.5) is 0 Å². The van der Waals surface area contributed by atoms with E-state index < -0.39 is 0 Å². The SMILES string of the molecule is CCN(C(=O)COC1CCNCC1)C1CC1. The van der Waals surface area contributed by atoms with Gasteiger partial charge in [-0.25, -0.2) is 0 Å². The van der Waals surface area contributed by atoms with Crippen LogP contribution >= 0.6 is 0 Å². The summed E-state index contributed by atoms with van der Waals surface area (Å²) in [6.45, 7) is 5.16. The van der Waals surface area contributed by atoms with Crippen LogP contribution in [0.25, 0.3) is 0 Å². The van der Waals surface area contributed by atoms with Crippen molar-refractivity contribution in [2.45, 2.75) is 44.8 Å². The number of nitrogens with one attached hydrogen (secondary N) is 1. The first-order valence-corrected chi connectivity index (χ1v) is 6.43. The van der Waals surface area contributed by atoms with Gasteiger partial charge >= 0.3 is 0 Å². The van der Waals surface area contributed by atoms with Gasteiger partial charge in [-0.1, -0.05) is 0 Å². The Labute approximate surface area is 97.3 Å². The van der Waals surface area contributed by atoms with Crippen LogP contribution in [-0.2, 0) is 9.53 Å². The van der Waals surface area contributed by atoms with Gasteiger partial charge in [0.05, 0.1) is 6.10 Å². The van der Waals surface area contributed by atoms with Crippen LogP contribution in [-0.4, -0.2) is 49.2 Å². The summed E-state index contributed by atoms with van der Waals surface area (Å²) in [5, 5.41) is 3.29. The normalized spacial score (nSPS) is 22.1. The molecule has 1 saturated heterocycles. The molecule has 1 aliphatic carbocycles. The Morgan fingerprint density at radius 3 is 2.56 bits per heavy atom. The van der Waals surface area contributed by atoms with Crippen LogP contribution in [0.5, 0.6) is 0 Å². The largest absolute Gasteiger partial charge is 0.368 e. The van der Waals surface area contributed by atoms with E-state index in [9.17, 15) is 4.79 Å². The molecular formula is C12H22N2O2. The standard InChI is InChI=1S/C12H22N2O2/c1-2-14(10-3-4-10)12(15)9-16-11-5-7-13-8-6-11/h10-11,13H,2-9H2,1H3. The van der Waals surface area contributed by atoms with Crippen molar-refractivity contribution in [1.82, 2.24) is 10.2 Å². The molecule has 0 bridgehead atoms. The quantitative estimate of drug-likeness (QED) is 0.752. The third kappa shape index (κ3) is 3.19. The highest BCUT2D eigenvalue weighted by atomic mass is 16.5. The Bertz CT molecular complexity index is 235. The molecule has 0 radical (unpaired) electrons. The Morgan fingerprint density at radius 2 is 2.00 bits per heavy atom. The van der Waals surface area contributed by atoms with Crippen LogP contribution in [0.3, 0.4) is 0 Å². The molecule has 0 unspecified atom stereocenters. The number of hydrogen-bond acceptors (Lipinski definition) is 3. The van der Waals surface area contributed by atoms with Crippen molar-refractivity contribution in [1.29, 1.82) is 0 Å². The third-order valence-corrected chi connectivity index (χ3v) is 3.38.